The van der Waals surface area contributed by atoms with E-state index in [2.05, 4.69) is 20.8 Å². The maximum absolute atomic E-state index is 12.7. The van der Waals surface area contributed by atoms with Crippen molar-refractivity contribution in [2.75, 3.05) is 6.61 Å². The van der Waals surface area contributed by atoms with Crippen LogP contribution < -0.4 is 0 Å². The zero-order chi connectivity index (χ0) is 25.9. The van der Waals surface area contributed by atoms with Crippen LogP contribution >= 0.6 is 0 Å². The van der Waals surface area contributed by atoms with Crippen molar-refractivity contribution >= 4 is 11.9 Å². The average Bonchev–Trinajstić information content (AvgIpc) is 3.15. The fraction of sp³-hybridized carbons (Fsp3) is 0.933. The van der Waals surface area contributed by atoms with Crippen LogP contribution in [0.15, 0.2) is 0 Å². The number of hydrogen-bond acceptors (Lipinski definition) is 6. The summed E-state index contributed by atoms with van der Waals surface area (Å²) in [5.41, 5.74) is -0.278. The summed E-state index contributed by atoms with van der Waals surface area (Å²) in [6, 6.07) is 0. The number of rotatable bonds is 5. The van der Waals surface area contributed by atoms with E-state index in [1.165, 1.54) is 25.7 Å². The molecule has 5 rings (SSSR count). The molecule has 204 valence electrons. The van der Waals surface area contributed by atoms with Crippen molar-refractivity contribution in [2.45, 2.75) is 123 Å². The number of cyclic esters (lactones) is 1. The number of carbonyl (C=O) groups is 2. The molecule has 5 fully saturated rings. The van der Waals surface area contributed by atoms with Crippen molar-refractivity contribution in [1.82, 2.24) is 0 Å². The fourth-order valence-electron chi connectivity index (χ4n) is 9.96. The summed E-state index contributed by atoms with van der Waals surface area (Å²) in [5, 5.41) is 21.7. The Morgan fingerprint density at radius 3 is 2.50 bits per heavy atom. The maximum Gasteiger partial charge on any atom is 0.309 e. The molecular weight excluding hydrogens is 456 g/mol. The van der Waals surface area contributed by atoms with E-state index >= 15 is 0 Å². The van der Waals surface area contributed by atoms with Gasteiger partial charge in [0.2, 0.25) is 0 Å². The van der Waals surface area contributed by atoms with Gasteiger partial charge in [-0.3, -0.25) is 9.59 Å². The van der Waals surface area contributed by atoms with E-state index in [-0.39, 0.29) is 41.4 Å². The molecule has 4 saturated carbocycles. The van der Waals surface area contributed by atoms with Crippen LogP contribution in [0.5, 0.6) is 0 Å². The molecule has 0 aromatic heterocycles. The van der Waals surface area contributed by atoms with Gasteiger partial charge < -0.3 is 19.7 Å². The molecule has 36 heavy (non-hydrogen) atoms. The maximum atomic E-state index is 12.7. The number of aliphatic hydroxyl groups excluding tert-OH is 2. The van der Waals surface area contributed by atoms with Crippen molar-refractivity contribution in [3.05, 3.63) is 0 Å². The molecule has 6 heteroatoms. The van der Waals surface area contributed by atoms with E-state index in [9.17, 15) is 19.8 Å². The molecule has 9 unspecified atom stereocenters. The third kappa shape index (κ3) is 4.52. The molecule has 6 nitrogen and oxygen atoms in total. The highest BCUT2D eigenvalue weighted by molar-refractivity contribution is 5.74. The zero-order valence-electron chi connectivity index (χ0n) is 22.8. The van der Waals surface area contributed by atoms with E-state index in [0.717, 1.165) is 32.1 Å². The third-order valence-electron chi connectivity index (χ3n) is 12.0. The van der Waals surface area contributed by atoms with Crippen LogP contribution in [0, 0.1) is 46.3 Å². The minimum atomic E-state index is -0.737. The lowest BCUT2D eigenvalue weighted by molar-refractivity contribution is -0.176. The molecule has 0 bridgehead atoms. The Morgan fingerprint density at radius 1 is 1.03 bits per heavy atom. The molecule has 2 N–H and O–H groups in total. The summed E-state index contributed by atoms with van der Waals surface area (Å²) in [7, 11) is 0. The third-order valence-corrected chi connectivity index (χ3v) is 12.0. The molecule has 0 spiro atoms. The first-order chi connectivity index (χ1) is 16.9. The Bertz CT molecular complexity index is 858. The number of hydrogen-bond donors (Lipinski definition) is 2. The van der Waals surface area contributed by atoms with Crippen LogP contribution in [0.1, 0.15) is 105 Å². The minimum Gasteiger partial charge on any atom is -0.465 e. The molecule has 0 aromatic carbocycles. The van der Waals surface area contributed by atoms with E-state index < -0.39 is 5.60 Å². The monoisotopic (exact) mass is 504 g/mol. The first-order valence-corrected chi connectivity index (χ1v) is 14.7. The van der Waals surface area contributed by atoms with Crippen LogP contribution in [-0.2, 0) is 19.1 Å². The van der Waals surface area contributed by atoms with Gasteiger partial charge in [-0.15, -0.1) is 0 Å². The average molecular weight is 505 g/mol. The summed E-state index contributed by atoms with van der Waals surface area (Å²) < 4.78 is 10.8. The molecule has 0 amide bonds. The lowest BCUT2D eigenvalue weighted by atomic mass is 9.43. The Kier molecular flexibility index (Phi) is 7.02. The number of aliphatic hydroxyl groups is 2. The van der Waals surface area contributed by atoms with Gasteiger partial charge in [0.05, 0.1) is 25.2 Å². The highest BCUT2D eigenvalue weighted by Crippen LogP contribution is 2.68. The molecule has 11 atom stereocenters. The SMILES string of the molecule is C[C@@H](CCC(=O)OC1(C)CCOC(=O)C1)C1CCC2C3C(O)C[C@H]4CC(O)CCC4(C)C3CCC21C. The summed E-state index contributed by atoms with van der Waals surface area (Å²) in [6.07, 6.45) is 9.88. The molecule has 1 saturated heterocycles. The molecule has 1 heterocycles. The van der Waals surface area contributed by atoms with Gasteiger partial charge in [-0.05, 0) is 111 Å². The molecule has 0 aromatic rings. The second kappa shape index (κ2) is 9.55. The van der Waals surface area contributed by atoms with Gasteiger partial charge in [0.25, 0.3) is 0 Å². The highest BCUT2D eigenvalue weighted by atomic mass is 16.6. The van der Waals surface area contributed by atoms with Gasteiger partial charge in [0.1, 0.15) is 5.60 Å². The lowest BCUT2D eigenvalue weighted by Gasteiger charge is -2.62. The Hall–Kier alpha value is -1.14. The summed E-state index contributed by atoms with van der Waals surface area (Å²) in [4.78, 5) is 24.4. The van der Waals surface area contributed by atoms with E-state index in [0.29, 0.717) is 55.0 Å². The smallest absolute Gasteiger partial charge is 0.309 e. The first kappa shape index (κ1) is 26.5. The Balaban J connectivity index is 1.22. The van der Waals surface area contributed by atoms with Crippen molar-refractivity contribution in [2.24, 2.45) is 46.3 Å². The molecule has 5 aliphatic rings. The topological polar surface area (TPSA) is 93.1 Å². The van der Waals surface area contributed by atoms with Crippen LogP contribution in [0.2, 0.25) is 0 Å². The number of ether oxygens (including phenoxy) is 2. The van der Waals surface area contributed by atoms with Crippen LogP contribution in [0.4, 0.5) is 0 Å². The molecule has 4 aliphatic carbocycles. The van der Waals surface area contributed by atoms with Crippen LogP contribution in [-0.4, -0.2) is 46.6 Å². The lowest BCUT2D eigenvalue weighted by Crippen LogP contribution is -2.58. The Labute approximate surface area is 216 Å². The van der Waals surface area contributed by atoms with Crippen molar-refractivity contribution in [1.29, 1.82) is 0 Å². The van der Waals surface area contributed by atoms with E-state index in [1.807, 2.05) is 6.92 Å². The van der Waals surface area contributed by atoms with Gasteiger partial charge in [0.15, 0.2) is 0 Å². The van der Waals surface area contributed by atoms with Crippen molar-refractivity contribution in [3.63, 3.8) is 0 Å². The van der Waals surface area contributed by atoms with Gasteiger partial charge in [-0.25, -0.2) is 0 Å². The molecular formula is C30H48O6. The summed E-state index contributed by atoms with van der Waals surface area (Å²) in [5.74, 6) is 2.39. The van der Waals surface area contributed by atoms with Gasteiger partial charge in [0, 0.05) is 12.8 Å². The largest absolute Gasteiger partial charge is 0.465 e. The quantitative estimate of drug-likeness (QED) is 0.510. The predicted molar refractivity (Wildman–Crippen MR) is 136 cm³/mol. The number of carbonyl (C=O) groups excluding carboxylic acids is 2. The molecule has 0 radical (unpaired) electrons. The predicted octanol–water partition coefficient (Wildman–Crippen LogP) is 5.03. The van der Waals surface area contributed by atoms with E-state index in [1.54, 1.807) is 0 Å². The summed E-state index contributed by atoms with van der Waals surface area (Å²) in [6.45, 7) is 9.39. The normalized spacial score (nSPS) is 49.3. The van der Waals surface area contributed by atoms with Crippen LogP contribution in [0.25, 0.3) is 0 Å². The second-order valence-electron chi connectivity index (χ2n) is 14.0. The highest BCUT2D eigenvalue weighted by Gasteiger charge is 2.62. The van der Waals surface area contributed by atoms with Gasteiger partial charge in [-0.2, -0.15) is 0 Å². The van der Waals surface area contributed by atoms with Crippen LogP contribution in [0.3, 0.4) is 0 Å². The Morgan fingerprint density at radius 2 is 1.75 bits per heavy atom. The zero-order valence-corrected chi connectivity index (χ0v) is 22.8. The standard InChI is InChI=1S/C30H48O6/c1-18(5-8-25(33)36-28(2)13-14-35-26(34)17-28)21-6-7-22-27-23(10-12-30(21,22)4)29(3)11-9-20(31)15-19(29)16-24(27)32/h18-24,27,31-32H,5-17H2,1-4H3/t18-,19+,20?,21?,22?,23?,24?,27?,28?,29?,30?/m0/s1. The second-order valence-corrected chi connectivity index (χ2v) is 14.0. The van der Waals surface area contributed by atoms with Gasteiger partial charge >= 0.3 is 11.9 Å². The summed E-state index contributed by atoms with van der Waals surface area (Å²) >= 11 is 0. The molecule has 1 aliphatic heterocycles. The van der Waals surface area contributed by atoms with Crippen molar-refractivity contribution < 1.29 is 29.3 Å². The minimum absolute atomic E-state index is 0.139. The van der Waals surface area contributed by atoms with Crippen molar-refractivity contribution in [3.8, 4) is 0 Å². The number of fused-ring (bicyclic) bond motifs is 5. The fourth-order valence-corrected chi connectivity index (χ4v) is 9.96. The van der Waals surface area contributed by atoms with Gasteiger partial charge in [-0.1, -0.05) is 20.8 Å². The van der Waals surface area contributed by atoms with E-state index in [4.69, 9.17) is 9.47 Å². The first-order valence-electron chi connectivity index (χ1n) is 14.7. The number of esters is 2.